The Kier molecular flexibility index (Phi) is 29.1. The van der Waals surface area contributed by atoms with E-state index in [2.05, 4.69) is 157 Å². The molecule has 680 valence electrons. The number of ether oxygens (including phenoxy) is 3. The van der Waals surface area contributed by atoms with Gasteiger partial charge in [0.05, 0.1) is 72.4 Å². The third-order valence-electron chi connectivity index (χ3n) is 23.4. The molecule has 3 aliphatic rings. The Labute approximate surface area is 749 Å². The van der Waals surface area contributed by atoms with Crippen LogP contribution in [0.3, 0.4) is 0 Å². The van der Waals surface area contributed by atoms with Gasteiger partial charge in [-0.25, -0.2) is 39.9 Å². The first-order chi connectivity index (χ1) is 61.3. The Morgan fingerprint density at radius 2 is 0.764 bits per heavy atom. The number of imidazole rings is 7. The first-order valence-electron chi connectivity index (χ1n) is 45.2. The minimum Gasteiger partial charge on any atom is -0.361 e. The second kappa shape index (κ2) is 40.5. The van der Waals surface area contributed by atoms with Gasteiger partial charge in [-0.1, -0.05) is 115 Å². The minimum absolute atomic E-state index is 0. The van der Waals surface area contributed by atoms with Crippen LogP contribution in [0.25, 0.3) is 90.8 Å². The number of aromatic amines is 1. The van der Waals surface area contributed by atoms with Gasteiger partial charge in [-0.3, -0.25) is 87.9 Å². The molecule has 0 aliphatic carbocycles. The highest BCUT2D eigenvalue weighted by Crippen LogP contribution is 2.31. The fourth-order valence-corrected chi connectivity index (χ4v) is 19.2. The lowest BCUT2D eigenvalue weighted by atomic mass is 10.1. The first-order valence-corrected chi connectivity index (χ1v) is 57.4. The number of piperidine rings is 2. The van der Waals surface area contributed by atoms with E-state index >= 15 is 0 Å². The Morgan fingerprint density at radius 3 is 1.13 bits per heavy atom. The Hall–Kier alpha value is -10.5. The Bertz CT molecular complexity index is 6550. The lowest BCUT2D eigenvalue weighted by Gasteiger charge is -2.26. The predicted molar refractivity (Wildman–Crippen MR) is 510 cm³/mol. The van der Waals surface area contributed by atoms with E-state index in [1.807, 2.05) is 102 Å². The number of fused-ring (bicyclic) bond motifs is 12. The Morgan fingerprint density at radius 1 is 0.409 bits per heavy atom. The maximum Gasteiger partial charge on any atom is 0.281 e. The molecular formula is C87H126BrN29O7Si3. The van der Waals surface area contributed by atoms with Crippen LogP contribution in [-0.2, 0) is 86.6 Å². The highest BCUT2D eigenvalue weighted by Gasteiger charge is 2.30. The number of nitrogens with one attached hydrogen (secondary N) is 1. The molecule has 3 aliphatic heterocycles. The van der Waals surface area contributed by atoms with Crippen molar-refractivity contribution in [3.8, 4) is 34.2 Å². The summed E-state index contributed by atoms with van der Waals surface area (Å²) < 4.78 is 44.3. The average Bonchev–Trinajstić information content (AvgIpc) is 1.58. The number of nitrogens with zero attached hydrogens (tertiary/aromatic N) is 28. The van der Waals surface area contributed by atoms with Crippen molar-refractivity contribution in [2.75, 3.05) is 64.4 Å². The molecule has 18 heterocycles. The number of aliphatic imine (C=N–C) groups is 1. The molecule has 40 heteroatoms. The molecule has 36 nitrogen and oxygen atoms in total. The van der Waals surface area contributed by atoms with E-state index in [4.69, 9.17) is 34.2 Å². The third kappa shape index (κ3) is 20.7. The van der Waals surface area contributed by atoms with Gasteiger partial charge >= 0.3 is 0 Å². The van der Waals surface area contributed by atoms with Gasteiger partial charge < -0.3 is 24.0 Å². The number of H-pyrrole nitrogens is 1. The number of aromatic nitrogens is 26. The van der Waals surface area contributed by atoms with Gasteiger partial charge in [0.15, 0.2) is 33.5 Å². The molecule has 0 bridgehead atoms. The van der Waals surface area contributed by atoms with Crippen molar-refractivity contribution in [3.63, 3.8) is 0 Å². The molecule has 1 N–H and O–H groups in total. The van der Waals surface area contributed by atoms with E-state index < -0.39 is 24.2 Å². The quantitative estimate of drug-likeness (QED) is 0.0219. The van der Waals surface area contributed by atoms with Crippen LogP contribution >= 0.6 is 15.9 Å². The zero-order chi connectivity index (χ0) is 89.3. The predicted octanol–water partition coefficient (Wildman–Crippen LogP) is 13.2. The number of alkyl halides is 1. The zero-order valence-corrected chi connectivity index (χ0v) is 80.6. The van der Waals surface area contributed by atoms with Crippen LogP contribution in [0.4, 0.5) is 5.82 Å². The number of rotatable bonds is 35. The van der Waals surface area contributed by atoms with Crippen LogP contribution in [-0.4, -0.2) is 228 Å². The van der Waals surface area contributed by atoms with E-state index in [-0.39, 0.29) is 43.9 Å². The summed E-state index contributed by atoms with van der Waals surface area (Å²) >= 11 is 3.45. The molecule has 18 rings (SSSR count). The summed E-state index contributed by atoms with van der Waals surface area (Å²) in [5.41, 5.74) is 8.32. The third-order valence-corrected chi connectivity index (χ3v) is 28.8. The number of halogens is 1. The molecule has 2 fully saturated rings. The van der Waals surface area contributed by atoms with Crippen molar-refractivity contribution in [1.82, 2.24) is 134 Å². The van der Waals surface area contributed by atoms with Gasteiger partial charge in [-0.05, 0) is 95.7 Å². The van der Waals surface area contributed by atoms with Gasteiger partial charge in [0.2, 0.25) is 23.1 Å². The molecule has 127 heavy (non-hydrogen) atoms. The molecule has 0 aromatic carbocycles. The van der Waals surface area contributed by atoms with Gasteiger partial charge in [0, 0.05) is 176 Å². The molecule has 15 aromatic rings. The number of hydrogen-bond acceptors (Lipinski definition) is 21. The first kappa shape index (κ1) is 91.3. The summed E-state index contributed by atoms with van der Waals surface area (Å²) in [7, 11) is -3.65. The van der Waals surface area contributed by atoms with Crippen molar-refractivity contribution in [2.24, 2.45) is 4.99 Å². The van der Waals surface area contributed by atoms with E-state index in [0.29, 0.717) is 132 Å². The molecule has 0 saturated carbocycles. The Balaban J connectivity index is 0.000000138. The fraction of sp³-hybridized carbons (Fsp3) is 0.540. The van der Waals surface area contributed by atoms with Gasteiger partial charge in [0.25, 0.3) is 22.2 Å². The van der Waals surface area contributed by atoms with Crippen LogP contribution in [0.5, 0.6) is 0 Å². The summed E-state index contributed by atoms with van der Waals surface area (Å²) in [6.45, 7) is 43.7. The van der Waals surface area contributed by atoms with Crippen molar-refractivity contribution in [1.29, 1.82) is 0 Å². The summed E-state index contributed by atoms with van der Waals surface area (Å²) in [6.07, 6.45) is 41.2. The van der Waals surface area contributed by atoms with Gasteiger partial charge in [0.1, 0.15) is 43.5 Å². The molecule has 0 atom stereocenters. The molecule has 0 spiro atoms. The SMILES string of the molecule is CCCn1c(=O)c2c(n3ccnc13)N=C(c1cnn(CCN3CCCCC3)c1)C2.CCCn1c(=O)c2c(nc(-c3cn[nH]c3)n2COCC[Si](C)(C)C)n2ccnc12.CCCn1c(=O)c2c(nc(-c3cnn(CCBr)c3)n2COCC[Si](C)(C)C)n2ccnc12.CCCn1c(=O)c2c(nc(-c3cnn(CCN4CCCCC4)c3)n2COCC[Si](C)(C)C)n2ccnc12.[2HH]. The monoisotopic (exact) mass is 1850 g/mol. The van der Waals surface area contributed by atoms with Gasteiger partial charge in [-0.15, -0.1) is 0 Å². The highest BCUT2D eigenvalue weighted by molar-refractivity contribution is 9.09. The van der Waals surface area contributed by atoms with Gasteiger partial charge in [-0.2, -0.15) is 20.4 Å². The number of likely N-dealkylation sites (tertiary alicyclic amines) is 2. The maximum atomic E-state index is 13.7. The topological polar surface area (TPSA) is 339 Å². The van der Waals surface area contributed by atoms with E-state index in [1.165, 1.54) is 64.7 Å². The summed E-state index contributed by atoms with van der Waals surface area (Å²) in [4.78, 5) is 95.9. The standard InChI is InChI=1S/C26H40N8O2Si.C21H30BrN7O2Si.C21H27N7O.C19H27N7O2Si.H2/c1-5-10-33-25(35)22-24(32-13-9-27-26(32)33)29-23(34(22)20-36-16-17-37(2,3)4)21-18-28-31(19-21)15-14-30-11-7-6-8-12-30;1-5-8-28-20(30)17-19(27-10-7-23-21(27)28)25-18(16-13-24-26(14-16)9-6-22)29(17)15-31-11-12-32(2,3)4;1-2-7-28-20(29)17-13-18(24-19(17)27-10-6-22-21(27)28)16-14-23-26(15-16)12-11-25-8-4-3-5-9-25;1-5-7-25-18(27)15-17(24-8-6-20-19(24)25)23-16(14-11-21-22-12-14)26(15)13-28-9-10-29(2,3)4;/h9,13,18-19H,5-8,10-12,14-17,20H2,1-4H3;7,10,13-14H,5-6,8-9,11-12,15H2,1-4H3;6,10,14-15H,2-5,7-9,11-13H2,1H3;6,8,11-12H,5,7,9-10,13H2,1-4H3,(H,21,22);1H/i;;;;1+1. The van der Waals surface area contributed by atoms with Crippen LogP contribution < -0.4 is 22.2 Å². The highest BCUT2D eigenvalue weighted by atomic mass is 79.9. The zero-order valence-electron chi connectivity index (χ0n) is 76.0. The second-order valence-corrected chi connectivity index (χ2v) is 54.5. The van der Waals surface area contributed by atoms with Crippen LogP contribution in [0.2, 0.25) is 77.1 Å². The normalized spacial score (nSPS) is 14.3. The molecule has 0 amide bonds. The van der Waals surface area contributed by atoms with Crippen molar-refractivity contribution in [2.45, 2.75) is 241 Å². The summed E-state index contributed by atoms with van der Waals surface area (Å²) in [6, 6.07) is 3.19. The van der Waals surface area contributed by atoms with Crippen LogP contribution in [0.15, 0.2) is 123 Å². The van der Waals surface area contributed by atoms with Crippen molar-refractivity contribution >= 4 is 108 Å². The molecule has 0 unspecified atom stereocenters. The largest absolute Gasteiger partial charge is 0.361 e. The smallest absolute Gasteiger partial charge is 0.281 e. The van der Waals surface area contributed by atoms with E-state index in [0.717, 1.165) is 115 Å². The average molecular weight is 1860 g/mol. The van der Waals surface area contributed by atoms with E-state index in [1.54, 1.807) is 61.6 Å². The lowest BCUT2D eigenvalue weighted by Crippen LogP contribution is -2.32. The minimum atomic E-state index is -1.23. The van der Waals surface area contributed by atoms with E-state index in [9.17, 15) is 19.2 Å². The molecular weight excluding hydrogens is 1730 g/mol. The number of aryl methyl sites for hydroxylation is 5. The second-order valence-electron chi connectivity index (χ2n) is 36.9. The molecule has 0 radical (unpaired) electrons. The van der Waals surface area contributed by atoms with Crippen molar-refractivity contribution < 1.29 is 15.6 Å². The molecule has 15 aromatic heterocycles. The lowest BCUT2D eigenvalue weighted by molar-refractivity contribution is 0.0907. The summed E-state index contributed by atoms with van der Waals surface area (Å²) in [5, 5.41) is 21.3. The molecule has 2 saturated heterocycles. The fourth-order valence-electron chi connectivity index (χ4n) is 16.5. The van der Waals surface area contributed by atoms with Crippen LogP contribution in [0, 0.1) is 0 Å². The summed E-state index contributed by atoms with van der Waals surface area (Å²) in [5.74, 6) is 5.24. The van der Waals surface area contributed by atoms with Crippen molar-refractivity contribution in [3.05, 3.63) is 152 Å². The number of hydrogen-bond donors (Lipinski definition) is 1. The van der Waals surface area contributed by atoms with Crippen LogP contribution in [0.1, 0.15) is 104 Å². The maximum absolute atomic E-state index is 13.7.